The molecule has 0 aromatic heterocycles. The first kappa shape index (κ1) is 22.3. The third-order valence-electron chi connectivity index (χ3n) is 3.73. The Morgan fingerprint density at radius 2 is 1.93 bits per heavy atom. The van der Waals surface area contributed by atoms with Gasteiger partial charge in [0.1, 0.15) is 5.75 Å². The summed E-state index contributed by atoms with van der Waals surface area (Å²) in [6.07, 6.45) is -2.77. The Balaban J connectivity index is 1.81. The molecule has 0 unspecified atom stereocenters. The molecule has 0 radical (unpaired) electrons. The summed E-state index contributed by atoms with van der Waals surface area (Å²) in [6, 6.07) is 11.5. The van der Waals surface area contributed by atoms with Gasteiger partial charge in [-0.1, -0.05) is 23.7 Å². The summed E-state index contributed by atoms with van der Waals surface area (Å²) >= 11 is 10.8. The SMILES string of the molecule is CC(C)Oc1cccc(CCCNC(=S)Nc2ccc(Cl)c(C(F)(F)F)c2)c1. The second kappa shape index (κ2) is 9.98. The second-order valence-electron chi connectivity index (χ2n) is 6.49. The van der Waals surface area contributed by atoms with E-state index in [1.165, 1.54) is 12.1 Å². The highest BCUT2D eigenvalue weighted by Gasteiger charge is 2.33. The minimum Gasteiger partial charge on any atom is -0.491 e. The number of nitrogens with one attached hydrogen (secondary N) is 2. The van der Waals surface area contributed by atoms with Gasteiger partial charge >= 0.3 is 6.18 Å². The number of hydrogen-bond donors (Lipinski definition) is 2. The van der Waals surface area contributed by atoms with E-state index in [9.17, 15) is 13.2 Å². The average molecular weight is 431 g/mol. The molecule has 28 heavy (non-hydrogen) atoms. The zero-order valence-electron chi connectivity index (χ0n) is 15.6. The maximum Gasteiger partial charge on any atom is 0.417 e. The lowest BCUT2D eigenvalue weighted by atomic mass is 10.1. The van der Waals surface area contributed by atoms with E-state index in [4.69, 9.17) is 28.6 Å². The van der Waals surface area contributed by atoms with Crippen molar-refractivity contribution in [2.24, 2.45) is 0 Å². The van der Waals surface area contributed by atoms with Gasteiger partial charge in [-0.25, -0.2) is 0 Å². The number of anilines is 1. The van der Waals surface area contributed by atoms with Crippen LogP contribution in [0.15, 0.2) is 42.5 Å². The normalized spacial score (nSPS) is 11.4. The summed E-state index contributed by atoms with van der Waals surface area (Å²) in [5, 5.41) is 5.66. The standard InChI is InChI=1S/C20H22ClF3N2OS/c1-13(2)27-16-7-3-5-14(11-16)6-4-10-25-19(28)26-15-8-9-18(21)17(12-15)20(22,23)24/h3,5,7-9,11-13H,4,6,10H2,1-2H3,(H2,25,26,28). The van der Waals surface area contributed by atoms with Crippen LogP contribution in [0, 0.1) is 0 Å². The quantitative estimate of drug-likeness (QED) is 0.413. The van der Waals surface area contributed by atoms with Crippen LogP contribution in [0.25, 0.3) is 0 Å². The van der Waals surface area contributed by atoms with E-state index < -0.39 is 11.7 Å². The summed E-state index contributed by atoms with van der Waals surface area (Å²) < 4.78 is 44.4. The van der Waals surface area contributed by atoms with E-state index in [1.807, 2.05) is 38.1 Å². The number of aryl methyl sites for hydroxylation is 1. The van der Waals surface area contributed by atoms with Crippen molar-refractivity contribution in [1.82, 2.24) is 5.32 Å². The van der Waals surface area contributed by atoms with Gasteiger partial charge < -0.3 is 15.4 Å². The molecule has 0 aliphatic carbocycles. The van der Waals surface area contributed by atoms with E-state index in [-0.39, 0.29) is 21.9 Å². The van der Waals surface area contributed by atoms with Crippen LogP contribution in [-0.2, 0) is 12.6 Å². The largest absolute Gasteiger partial charge is 0.491 e. The highest BCUT2D eigenvalue weighted by molar-refractivity contribution is 7.80. The van der Waals surface area contributed by atoms with Crippen molar-refractivity contribution in [2.75, 3.05) is 11.9 Å². The lowest BCUT2D eigenvalue weighted by molar-refractivity contribution is -0.137. The molecule has 2 rings (SSSR count). The Bertz CT molecular complexity index is 812. The van der Waals surface area contributed by atoms with Gasteiger partial charge in [0.05, 0.1) is 16.7 Å². The molecule has 0 aliphatic rings. The van der Waals surface area contributed by atoms with E-state index >= 15 is 0 Å². The first-order chi connectivity index (χ1) is 13.1. The van der Waals surface area contributed by atoms with Gasteiger partial charge in [-0.3, -0.25) is 0 Å². The lowest BCUT2D eigenvalue weighted by Crippen LogP contribution is -2.29. The smallest absolute Gasteiger partial charge is 0.417 e. The van der Waals surface area contributed by atoms with Gasteiger partial charge in [0, 0.05) is 12.2 Å². The first-order valence-corrected chi connectivity index (χ1v) is 9.61. The fourth-order valence-corrected chi connectivity index (χ4v) is 2.98. The summed E-state index contributed by atoms with van der Waals surface area (Å²) in [5.41, 5.74) is 0.476. The zero-order chi connectivity index (χ0) is 20.7. The number of ether oxygens (including phenoxy) is 1. The van der Waals surface area contributed by atoms with Gasteiger partial charge in [-0.05, 0) is 74.8 Å². The molecular formula is C20H22ClF3N2OS. The van der Waals surface area contributed by atoms with Crippen LogP contribution in [0.4, 0.5) is 18.9 Å². The van der Waals surface area contributed by atoms with E-state index in [0.29, 0.717) is 6.54 Å². The van der Waals surface area contributed by atoms with Crippen molar-refractivity contribution < 1.29 is 17.9 Å². The van der Waals surface area contributed by atoms with Crippen LogP contribution in [0.3, 0.4) is 0 Å². The van der Waals surface area contributed by atoms with Crippen molar-refractivity contribution in [3.05, 3.63) is 58.6 Å². The minimum absolute atomic E-state index is 0.117. The van der Waals surface area contributed by atoms with Gasteiger partial charge in [-0.15, -0.1) is 0 Å². The molecule has 2 aromatic rings. The van der Waals surface area contributed by atoms with Crippen LogP contribution in [0.5, 0.6) is 5.75 Å². The van der Waals surface area contributed by atoms with Crippen molar-refractivity contribution in [1.29, 1.82) is 0 Å². The molecule has 0 aliphatic heterocycles. The van der Waals surface area contributed by atoms with E-state index in [1.54, 1.807) is 0 Å². The van der Waals surface area contributed by atoms with Crippen molar-refractivity contribution in [2.45, 2.75) is 39.0 Å². The molecule has 0 amide bonds. The molecule has 2 N–H and O–H groups in total. The molecule has 8 heteroatoms. The molecule has 0 spiro atoms. The zero-order valence-corrected chi connectivity index (χ0v) is 17.1. The number of rotatable bonds is 7. The minimum atomic E-state index is -4.52. The summed E-state index contributed by atoms with van der Waals surface area (Å²) in [5.74, 6) is 0.834. The Morgan fingerprint density at radius 1 is 1.18 bits per heavy atom. The number of thiocarbonyl (C=S) groups is 1. The van der Waals surface area contributed by atoms with Gasteiger partial charge in [-0.2, -0.15) is 13.2 Å². The molecule has 3 nitrogen and oxygen atoms in total. The molecule has 0 saturated carbocycles. The molecule has 152 valence electrons. The lowest BCUT2D eigenvalue weighted by Gasteiger charge is -2.14. The predicted molar refractivity (Wildman–Crippen MR) is 111 cm³/mol. The number of halogens is 4. The molecule has 2 aromatic carbocycles. The number of hydrogen-bond acceptors (Lipinski definition) is 2. The fourth-order valence-electron chi connectivity index (χ4n) is 2.54. The van der Waals surface area contributed by atoms with Gasteiger partial charge in [0.2, 0.25) is 0 Å². The maximum atomic E-state index is 12.9. The molecule has 0 saturated heterocycles. The van der Waals surface area contributed by atoms with Crippen LogP contribution in [0.1, 0.15) is 31.4 Å². The number of benzene rings is 2. The predicted octanol–water partition coefficient (Wildman–Crippen LogP) is 6.07. The Kier molecular flexibility index (Phi) is 7.95. The second-order valence-corrected chi connectivity index (χ2v) is 7.31. The molecular weight excluding hydrogens is 409 g/mol. The molecule has 0 heterocycles. The fraction of sp³-hybridized carbons (Fsp3) is 0.350. The van der Waals surface area contributed by atoms with Crippen molar-refractivity contribution >= 4 is 34.6 Å². The van der Waals surface area contributed by atoms with Crippen LogP contribution >= 0.6 is 23.8 Å². The van der Waals surface area contributed by atoms with E-state index in [2.05, 4.69) is 10.6 Å². The molecule has 0 bridgehead atoms. The monoisotopic (exact) mass is 430 g/mol. The summed E-state index contributed by atoms with van der Waals surface area (Å²) in [4.78, 5) is 0. The number of alkyl halides is 3. The maximum absolute atomic E-state index is 12.9. The van der Waals surface area contributed by atoms with Crippen molar-refractivity contribution in [3.63, 3.8) is 0 Å². The Morgan fingerprint density at radius 3 is 2.61 bits per heavy atom. The van der Waals surface area contributed by atoms with Crippen LogP contribution in [0.2, 0.25) is 5.02 Å². The van der Waals surface area contributed by atoms with Gasteiger partial charge in [0.25, 0.3) is 0 Å². The molecule has 0 fully saturated rings. The third kappa shape index (κ3) is 7.20. The first-order valence-electron chi connectivity index (χ1n) is 8.82. The Labute approximate surface area is 173 Å². The third-order valence-corrected chi connectivity index (χ3v) is 4.30. The summed E-state index contributed by atoms with van der Waals surface area (Å²) in [7, 11) is 0. The highest BCUT2D eigenvalue weighted by atomic mass is 35.5. The summed E-state index contributed by atoms with van der Waals surface area (Å²) in [6.45, 7) is 4.53. The Hall–Kier alpha value is -1.99. The van der Waals surface area contributed by atoms with E-state index in [0.717, 1.165) is 30.2 Å². The van der Waals surface area contributed by atoms with Crippen LogP contribution < -0.4 is 15.4 Å². The average Bonchev–Trinajstić information content (AvgIpc) is 2.59. The molecule has 0 atom stereocenters. The van der Waals surface area contributed by atoms with Crippen molar-refractivity contribution in [3.8, 4) is 5.75 Å². The van der Waals surface area contributed by atoms with Crippen LogP contribution in [-0.4, -0.2) is 17.8 Å². The highest BCUT2D eigenvalue weighted by Crippen LogP contribution is 2.36. The topological polar surface area (TPSA) is 33.3 Å². The van der Waals surface area contributed by atoms with Gasteiger partial charge in [0.15, 0.2) is 5.11 Å².